The van der Waals surface area contributed by atoms with E-state index in [0.717, 1.165) is 31.6 Å². The van der Waals surface area contributed by atoms with Gasteiger partial charge in [-0.2, -0.15) is 0 Å². The topological polar surface area (TPSA) is 115 Å². The van der Waals surface area contributed by atoms with E-state index < -0.39 is 11.9 Å². The monoisotopic (exact) mass is 439 g/mol. The van der Waals surface area contributed by atoms with Crippen LogP contribution in [-0.4, -0.2) is 57.6 Å². The SMILES string of the molecule is C[C@@H]1CN(CCC(=O)c2ccccc2)CC[C@@H]1c1cccc(O)c1.O=C(O)/C=C\C(=O)O. The number of carbonyl (C=O) groups is 3. The quantitative estimate of drug-likeness (QED) is 0.444. The number of benzene rings is 2. The van der Waals surface area contributed by atoms with Crippen LogP contribution in [0.2, 0.25) is 0 Å². The zero-order chi connectivity index (χ0) is 23.5. The van der Waals surface area contributed by atoms with Crippen molar-refractivity contribution in [2.45, 2.75) is 25.7 Å². The summed E-state index contributed by atoms with van der Waals surface area (Å²) in [5.41, 5.74) is 2.03. The van der Waals surface area contributed by atoms with Gasteiger partial charge < -0.3 is 20.2 Å². The normalized spacial score (nSPS) is 18.5. The minimum Gasteiger partial charge on any atom is -0.508 e. The Hall–Kier alpha value is -3.45. The first kappa shape index (κ1) is 24.8. The lowest BCUT2D eigenvalue weighted by atomic mass is 9.81. The van der Waals surface area contributed by atoms with Crippen molar-refractivity contribution in [2.75, 3.05) is 19.6 Å². The van der Waals surface area contributed by atoms with Crippen LogP contribution < -0.4 is 0 Å². The van der Waals surface area contributed by atoms with Crippen molar-refractivity contribution in [3.8, 4) is 5.75 Å². The fourth-order valence-corrected chi connectivity index (χ4v) is 3.86. The van der Waals surface area contributed by atoms with Crippen molar-refractivity contribution >= 4 is 17.7 Å². The van der Waals surface area contributed by atoms with Crippen LogP contribution >= 0.6 is 0 Å². The highest BCUT2D eigenvalue weighted by Crippen LogP contribution is 2.34. The molecule has 0 spiro atoms. The number of nitrogens with zero attached hydrogens (tertiary/aromatic N) is 1. The van der Waals surface area contributed by atoms with Crippen molar-refractivity contribution in [3.63, 3.8) is 0 Å². The van der Waals surface area contributed by atoms with E-state index in [4.69, 9.17) is 10.2 Å². The zero-order valence-corrected chi connectivity index (χ0v) is 18.1. The predicted octanol–water partition coefficient (Wildman–Crippen LogP) is 3.80. The van der Waals surface area contributed by atoms with Gasteiger partial charge >= 0.3 is 11.9 Å². The number of phenolic OH excluding ortho intramolecular Hbond substituents is 1. The van der Waals surface area contributed by atoms with Gasteiger partial charge in [0.15, 0.2) is 5.78 Å². The number of ketones is 1. The Morgan fingerprint density at radius 3 is 2.22 bits per heavy atom. The summed E-state index contributed by atoms with van der Waals surface area (Å²) in [6.45, 7) is 5.10. The van der Waals surface area contributed by atoms with E-state index in [1.807, 2.05) is 42.5 Å². The molecule has 32 heavy (non-hydrogen) atoms. The van der Waals surface area contributed by atoms with Crippen molar-refractivity contribution in [1.29, 1.82) is 0 Å². The summed E-state index contributed by atoms with van der Waals surface area (Å²) in [5, 5.41) is 25.3. The standard InChI is InChI=1S/C21H25NO2.C4H4O4/c1-16-15-22(13-11-21(24)17-6-3-2-4-7-17)12-10-20(16)18-8-5-9-19(23)14-18;5-3(6)1-2-4(7)8/h2-9,14,16,20,23H,10-13,15H2,1H3;1-2H,(H,5,6)(H,7,8)/b;2-1-/t16-,20+;/m1./s1. The Kier molecular flexibility index (Phi) is 9.63. The summed E-state index contributed by atoms with van der Waals surface area (Å²) in [6.07, 6.45) is 2.77. The number of rotatable bonds is 7. The molecule has 0 saturated carbocycles. The number of hydrogen-bond donors (Lipinski definition) is 3. The second-order valence-electron chi connectivity index (χ2n) is 7.82. The number of carboxylic acid groups (broad SMARTS) is 2. The summed E-state index contributed by atoms with van der Waals surface area (Å²) in [4.78, 5) is 33.7. The molecule has 1 heterocycles. The number of hydrogen-bond acceptors (Lipinski definition) is 5. The van der Waals surface area contributed by atoms with E-state index in [-0.39, 0.29) is 5.78 Å². The van der Waals surface area contributed by atoms with Crippen LogP contribution in [0, 0.1) is 5.92 Å². The molecule has 1 fully saturated rings. The molecule has 2 aromatic rings. The number of likely N-dealkylation sites (tertiary alicyclic amines) is 1. The molecule has 0 aliphatic carbocycles. The molecule has 0 radical (unpaired) electrons. The van der Waals surface area contributed by atoms with Gasteiger partial charge in [-0.15, -0.1) is 0 Å². The third-order valence-corrected chi connectivity index (χ3v) is 5.41. The van der Waals surface area contributed by atoms with E-state index in [9.17, 15) is 19.5 Å². The van der Waals surface area contributed by atoms with Gasteiger partial charge in [0.2, 0.25) is 0 Å². The van der Waals surface area contributed by atoms with E-state index in [2.05, 4.69) is 17.9 Å². The highest BCUT2D eigenvalue weighted by molar-refractivity contribution is 5.96. The number of carbonyl (C=O) groups excluding carboxylic acids is 1. The first-order valence-corrected chi connectivity index (χ1v) is 10.5. The largest absolute Gasteiger partial charge is 0.508 e. The van der Waals surface area contributed by atoms with Gasteiger partial charge in [0.25, 0.3) is 0 Å². The van der Waals surface area contributed by atoms with Gasteiger partial charge in [0.1, 0.15) is 5.75 Å². The molecule has 170 valence electrons. The molecule has 2 atom stereocenters. The van der Waals surface area contributed by atoms with Crippen LogP contribution in [0.5, 0.6) is 5.75 Å². The van der Waals surface area contributed by atoms with Gasteiger partial charge in [-0.3, -0.25) is 4.79 Å². The Balaban J connectivity index is 0.000000390. The highest BCUT2D eigenvalue weighted by Gasteiger charge is 2.27. The predicted molar refractivity (Wildman–Crippen MR) is 121 cm³/mol. The fraction of sp³-hybridized carbons (Fsp3) is 0.320. The van der Waals surface area contributed by atoms with E-state index in [1.165, 1.54) is 5.56 Å². The third-order valence-electron chi connectivity index (χ3n) is 5.41. The fourth-order valence-electron chi connectivity index (χ4n) is 3.86. The van der Waals surface area contributed by atoms with Crippen LogP contribution in [0.15, 0.2) is 66.7 Å². The molecule has 3 rings (SSSR count). The third kappa shape index (κ3) is 8.35. The van der Waals surface area contributed by atoms with Crippen molar-refractivity contribution in [1.82, 2.24) is 4.90 Å². The lowest BCUT2D eigenvalue weighted by Crippen LogP contribution is -2.39. The number of piperidine rings is 1. The van der Waals surface area contributed by atoms with Crippen LogP contribution in [-0.2, 0) is 9.59 Å². The van der Waals surface area contributed by atoms with Crippen LogP contribution in [0.3, 0.4) is 0 Å². The molecular formula is C25H29NO6. The summed E-state index contributed by atoms with van der Waals surface area (Å²) in [7, 11) is 0. The summed E-state index contributed by atoms with van der Waals surface area (Å²) >= 11 is 0. The average molecular weight is 440 g/mol. The lowest BCUT2D eigenvalue weighted by Gasteiger charge is -2.37. The maximum Gasteiger partial charge on any atom is 0.328 e. The minimum absolute atomic E-state index is 0.221. The maximum absolute atomic E-state index is 12.2. The number of aromatic hydroxyl groups is 1. The maximum atomic E-state index is 12.2. The Morgan fingerprint density at radius 1 is 1.00 bits per heavy atom. The summed E-state index contributed by atoms with van der Waals surface area (Å²) in [6, 6.07) is 17.2. The van der Waals surface area contributed by atoms with Crippen molar-refractivity contribution < 1.29 is 29.7 Å². The molecular weight excluding hydrogens is 410 g/mol. The molecule has 7 heteroatoms. The lowest BCUT2D eigenvalue weighted by molar-refractivity contribution is -0.134. The molecule has 2 aromatic carbocycles. The van der Waals surface area contributed by atoms with Gasteiger partial charge in [0, 0.05) is 37.2 Å². The molecule has 0 bridgehead atoms. The first-order chi connectivity index (χ1) is 15.3. The molecule has 0 amide bonds. The summed E-state index contributed by atoms with van der Waals surface area (Å²) < 4.78 is 0. The molecule has 0 unspecified atom stereocenters. The molecule has 3 N–H and O–H groups in total. The molecule has 1 saturated heterocycles. The van der Waals surface area contributed by atoms with Crippen LogP contribution in [0.4, 0.5) is 0 Å². The minimum atomic E-state index is -1.26. The van der Waals surface area contributed by atoms with E-state index in [0.29, 0.717) is 36.2 Å². The van der Waals surface area contributed by atoms with Crippen LogP contribution in [0.1, 0.15) is 41.6 Å². The number of Topliss-reactive ketones (excluding diaryl/α,β-unsaturated/α-hetero) is 1. The average Bonchev–Trinajstić information content (AvgIpc) is 2.77. The highest BCUT2D eigenvalue weighted by atomic mass is 16.4. The number of aliphatic carboxylic acids is 2. The Morgan fingerprint density at radius 2 is 1.66 bits per heavy atom. The van der Waals surface area contributed by atoms with Gasteiger partial charge in [-0.05, 0) is 42.5 Å². The second-order valence-corrected chi connectivity index (χ2v) is 7.82. The van der Waals surface area contributed by atoms with E-state index >= 15 is 0 Å². The zero-order valence-electron chi connectivity index (χ0n) is 18.1. The number of carboxylic acids is 2. The van der Waals surface area contributed by atoms with Crippen molar-refractivity contribution in [2.24, 2.45) is 5.92 Å². The Bertz CT molecular complexity index is 924. The Labute approximate surface area is 187 Å². The van der Waals surface area contributed by atoms with Gasteiger partial charge in [0.05, 0.1) is 0 Å². The van der Waals surface area contributed by atoms with E-state index in [1.54, 1.807) is 6.07 Å². The molecule has 1 aliphatic heterocycles. The van der Waals surface area contributed by atoms with Crippen LogP contribution in [0.25, 0.3) is 0 Å². The molecule has 0 aromatic heterocycles. The smallest absolute Gasteiger partial charge is 0.328 e. The number of phenols is 1. The van der Waals surface area contributed by atoms with Gasteiger partial charge in [-0.25, -0.2) is 9.59 Å². The molecule has 1 aliphatic rings. The second kappa shape index (κ2) is 12.4. The first-order valence-electron chi connectivity index (χ1n) is 10.5. The summed E-state index contributed by atoms with van der Waals surface area (Å²) in [5.74, 6) is -0.945. The van der Waals surface area contributed by atoms with Gasteiger partial charge in [-0.1, -0.05) is 49.4 Å². The van der Waals surface area contributed by atoms with Crippen molar-refractivity contribution in [3.05, 3.63) is 77.9 Å². The molecule has 7 nitrogen and oxygen atoms in total.